The number of nitrogens with zero attached hydrogens (tertiary/aromatic N) is 3. The molecule has 1 fully saturated rings. The van der Waals surface area contributed by atoms with Crippen molar-refractivity contribution >= 4 is 52.1 Å². The Hall–Kier alpha value is -2.00. The van der Waals surface area contributed by atoms with Gasteiger partial charge in [0.25, 0.3) is 5.91 Å². The van der Waals surface area contributed by atoms with Crippen molar-refractivity contribution in [3.05, 3.63) is 63.1 Å². The molecule has 0 radical (unpaired) electrons. The largest absolute Gasteiger partial charge is 0.399 e. The normalized spacial score (nSPS) is 21.8. The van der Waals surface area contributed by atoms with Crippen molar-refractivity contribution in [2.45, 2.75) is 31.5 Å². The number of nitrogens with one attached hydrogen (secondary N) is 1. The zero-order valence-electron chi connectivity index (χ0n) is 17.2. The van der Waals surface area contributed by atoms with Crippen LogP contribution >= 0.6 is 34.8 Å². The van der Waals surface area contributed by atoms with Gasteiger partial charge in [-0.1, -0.05) is 53.4 Å². The Morgan fingerprint density at radius 3 is 2.21 bits per heavy atom. The Morgan fingerprint density at radius 1 is 0.970 bits per heavy atom. The summed E-state index contributed by atoms with van der Waals surface area (Å²) in [5.41, 5.74) is 2.47. The maximum absolute atomic E-state index is 14.4. The molecule has 1 saturated heterocycles. The Balaban J connectivity index is 1.79. The van der Waals surface area contributed by atoms with Gasteiger partial charge in [-0.2, -0.15) is 18.3 Å². The lowest BCUT2D eigenvalue weighted by molar-refractivity contribution is -0.160. The van der Waals surface area contributed by atoms with Crippen LogP contribution in [0.15, 0.2) is 47.6 Å². The first-order valence-corrected chi connectivity index (χ1v) is 11.5. The maximum Gasteiger partial charge on any atom is 0.399 e. The molecule has 2 aliphatic rings. The number of hydrogen-bond acceptors (Lipinski definition) is 4. The molecule has 33 heavy (non-hydrogen) atoms. The maximum atomic E-state index is 14.4. The van der Waals surface area contributed by atoms with E-state index < -0.39 is 29.8 Å². The lowest BCUT2D eigenvalue weighted by Crippen LogP contribution is -2.50. The highest BCUT2D eigenvalue weighted by Gasteiger charge is 2.56. The highest BCUT2D eigenvalue weighted by molar-refractivity contribution is 6.41. The molecule has 0 unspecified atom stereocenters. The molecule has 2 atom stereocenters. The van der Waals surface area contributed by atoms with Gasteiger partial charge in [0.15, 0.2) is 0 Å². The molecule has 0 bridgehead atoms. The number of benzene rings is 2. The highest BCUT2D eigenvalue weighted by atomic mass is 35.5. The van der Waals surface area contributed by atoms with Crippen LogP contribution in [0.5, 0.6) is 0 Å². The van der Waals surface area contributed by atoms with Crippen LogP contribution in [-0.4, -0.2) is 35.9 Å². The number of hydrazine groups is 1. The molecule has 0 saturated carbocycles. The summed E-state index contributed by atoms with van der Waals surface area (Å²) in [6.45, 7) is 1.14. The topological polar surface area (TPSA) is 47.9 Å². The van der Waals surface area contributed by atoms with Crippen LogP contribution in [0.2, 0.25) is 15.1 Å². The van der Waals surface area contributed by atoms with Crippen LogP contribution < -0.4 is 10.4 Å². The highest BCUT2D eigenvalue weighted by Crippen LogP contribution is 2.48. The van der Waals surface area contributed by atoms with E-state index in [1.54, 1.807) is 5.01 Å². The van der Waals surface area contributed by atoms with Gasteiger partial charge < -0.3 is 0 Å². The standard InChI is InChI=1S/C22H20Cl3F3N4O/c23-14-6-4-13(5-7-14)20-18(22(26,27)28)19(21(33)30-31-10-2-1-3-11-31)29-32(20)17-9-8-15(24)12-16(17)25/h4-9,12,18,20H,1-3,10-11H2,(H,30,33)/t18-,20-/m1/s1. The van der Waals surface area contributed by atoms with E-state index >= 15 is 0 Å². The summed E-state index contributed by atoms with van der Waals surface area (Å²) in [5, 5.41) is 7.77. The number of hydrazone groups is 1. The number of halogens is 6. The van der Waals surface area contributed by atoms with Gasteiger partial charge in [-0.3, -0.25) is 15.2 Å². The number of alkyl halides is 3. The zero-order chi connectivity index (χ0) is 23.8. The fourth-order valence-corrected chi connectivity index (χ4v) is 4.74. The van der Waals surface area contributed by atoms with Crippen LogP contribution in [0.4, 0.5) is 18.9 Å². The van der Waals surface area contributed by atoms with E-state index in [9.17, 15) is 18.0 Å². The first kappa shape index (κ1) is 24.1. The number of hydrogen-bond donors (Lipinski definition) is 1. The predicted molar refractivity (Wildman–Crippen MR) is 124 cm³/mol. The molecule has 5 nitrogen and oxygen atoms in total. The number of carbonyl (C=O) groups excluding carboxylic acids is 1. The summed E-state index contributed by atoms with van der Waals surface area (Å²) in [6.07, 6.45) is -2.03. The lowest BCUT2D eigenvalue weighted by atomic mass is 9.88. The number of anilines is 1. The number of amides is 1. The van der Waals surface area contributed by atoms with Gasteiger partial charge in [0.2, 0.25) is 0 Å². The molecule has 2 aliphatic heterocycles. The molecular weight excluding hydrogens is 500 g/mol. The monoisotopic (exact) mass is 518 g/mol. The summed E-state index contributed by atoms with van der Waals surface area (Å²) in [4.78, 5) is 13.0. The van der Waals surface area contributed by atoms with E-state index in [4.69, 9.17) is 34.8 Å². The van der Waals surface area contributed by atoms with Crippen molar-refractivity contribution in [2.75, 3.05) is 18.1 Å². The fourth-order valence-electron chi connectivity index (χ4n) is 4.12. The van der Waals surface area contributed by atoms with E-state index in [-0.39, 0.29) is 16.3 Å². The van der Waals surface area contributed by atoms with E-state index in [0.717, 1.165) is 24.3 Å². The van der Waals surface area contributed by atoms with E-state index in [2.05, 4.69) is 10.5 Å². The molecule has 0 spiro atoms. The van der Waals surface area contributed by atoms with Crippen molar-refractivity contribution in [2.24, 2.45) is 11.0 Å². The van der Waals surface area contributed by atoms with Crippen LogP contribution in [0, 0.1) is 5.92 Å². The van der Waals surface area contributed by atoms with E-state index in [1.165, 1.54) is 42.5 Å². The van der Waals surface area contributed by atoms with Crippen molar-refractivity contribution < 1.29 is 18.0 Å². The molecule has 2 heterocycles. The summed E-state index contributed by atoms with van der Waals surface area (Å²) < 4.78 is 43.3. The van der Waals surface area contributed by atoms with Crippen molar-refractivity contribution in [1.82, 2.24) is 10.4 Å². The van der Waals surface area contributed by atoms with Crippen LogP contribution in [0.1, 0.15) is 30.9 Å². The second kappa shape index (κ2) is 9.70. The van der Waals surface area contributed by atoms with Gasteiger partial charge in [-0.15, -0.1) is 0 Å². The molecular formula is C22H20Cl3F3N4O. The zero-order valence-corrected chi connectivity index (χ0v) is 19.5. The Labute approximate surface area is 204 Å². The summed E-state index contributed by atoms with van der Waals surface area (Å²) in [7, 11) is 0. The molecule has 11 heteroatoms. The predicted octanol–water partition coefficient (Wildman–Crippen LogP) is 6.26. The first-order chi connectivity index (χ1) is 15.6. The van der Waals surface area contributed by atoms with Gasteiger partial charge in [0.1, 0.15) is 11.6 Å². The fraction of sp³-hybridized carbons (Fsp3) is 0.364. The summed E-state index contributed by atoms with van der Waals surface area (Å²) >= 11 is 18.3. The van der Waals surface area contributed by atoms with Gasteiger partial charge in [-0.25, -0.2) is 5.01 Å². The third-order valence-electron chi connectivity index (χ3n) is 5.66. The molecule has 2 aromatic rings. The van der Waals surface area contributed by atoms with Crippen LogP contribution in [0.3, 0.4) is 0 Å². The van der Waals surface area contributed by atoms with Gasteiger partial charge >= 0.3 is 6.18 Å². The lowest BCUT2D eigenvalue weighted by Gasteiger charge is -2.30. The minimum Gasteiger partial charge on any atom is -0.284 e. The molecule has 0 aliphatic carbocycles. The molecule has 1 amide bonds. The summed E-state index contributed by atoms with van der Waals surface area (Å²) in [5.74, 6) is -3.07. The minimum atomic E-state index is -4.75. The van der Waals surface area contributed by atoms with Crippen molar-refractivity contribution in [3.8, 4) is 0 Å². The second-order valence-electron chi connectivity index (χ2n) is 7.93. The molecule has 176 valence electrons. The Morgan fingerprint density at radius 2 is 1.61 bits per heavy atom. The third-order valence-corrected chi connectivity index (χ3v) is 6.45. The summed E-state index contributed by atoms with van der Waals surface area (Å²) in [6, 6.07) is 9.02. The van der Waals surface area contributed by atoms with Crippen molar-refractivity contribution in [3.63, 3.8) is 0 Å². The molecule has 2 aromatic carbocycles. The average molecular weight is 520 g/mol. The molecule has 1 N–H and O–H groups in total. The number of carbonyl (C=O) groups is 1. The van der Waals surface area contributed by atoms with Gasteiger partial charge in [0.05, 0.1) is 16.8 Å². The molecule has 4 rings (SSSR count). The van der Waals surface area contributed by atoms with Crippen LogP contribution in [0.25, 0.3) is 0 Å². The average Bonchev–Trinajstić information content (AvgIpc) is 3.16. The SMILES string of the molecule is O=C(NN1CCCCC1)C1=NN(c2ccc(Cl)cc2Cl)[C@H](c2ccc(Cl)cc2)[C@@H]1C(F)(F)F. The smallest absolute Gasteiger partial charge is 0.284 e. The number of rotatable bonds is 4. The Kier molecular flexibility index (Phi) is 7.09. The van der Waals surface area contributed by atoms with E-state index in [0.29, 0.717) is 23.1 Å². The first-order valence-electron chi connectivity index (χ1n) is 10.4. The quantitative estimate of drug-likeness (QED) is 0.519. The van der Waals surface area contributed by atoms with Crippen LogP contribution in [-0.2, 0) is 4.79 Å². The van der Waals surface area contributed by atoms with Crippen molar-refractivity contribution in [1.29, 1.82) is 0 Å². The van der Waals surface area contributed by atoms with Gasteiger partial charge in [0, 0.05) is 23.1 Å². The number of piperidine rings is 1. The third kappa shape index (κ3) is 5.24. The second-order valence-corrected chi connectivity index (χ2v) is 9.21. The Bertz CT molecular complexity index is 1060. The van der Waals surface area contributed by atoms with E-state index in [1.807, 2.05) is 0 Å². The molecule has 0 aromatic heterocycles. The minimum absolute atomic E-state index is 0.115. The van der Waals surface area contributed by atoms with Gasteiger partial charge in [-0.05, 0) is 48.7 Å².